The second-order valence-corrected chi connectivity index (χ2v) is 4.09. The number of alkyl carbamates (subject to hydrolysis) is 1. The van der Waals surface area contributed by atoms with Crippen LogP contribution in [0.2, 0.25) is 0 Å². The molecule has 16 heavy (non-hydrogen) atoms. The van der Waals surface area contributed by atoms with Crippen LogP contribution in [-0.2, 0) is 11.8 Å². The van der Waals surface area contributed by atoms with E-state index in [1.807, 2.05) is 49.0 Å². The first-order valence-corrected chi connectivity index (χ1v) is 5.41. The van der Waals surface area contributed by atoms with Crippen LogP contribution in [0.15, 0.2) is 24.4 Å². The molecule has 4 nitrogen and oxygen atoms in total. The van der Waals surface area contributed by atoms with Gasteiger partial charge in [0.05, 0.1) is 5.54 Å². The highest BCUT2D eigenvalue weighted by Crippen LogP contribution is 2.20. The van der Waals surface area contributed by atoms with Gasteiger partial charge in [-0.05, 0) is 24.6 Å². The molecule has 0 radical (unpaired) electrons. The first-order valence-electron chi connectivity index (χ1n) is 5.41. The van der Waals surface area contributed by atoms with Gasteiger partial charge in [-0.1, -0.05) is 13.0 Å². The second kappa shape index (κ2) is 4.04. The van der Waals surface area contributed by atoms with E-state index in [0.717, 1.165) is 12.1 Å². The molecule has 1 aliphatic rings. The van der Waals surface area contributed by atoms with Crippen molar-refractivity contribution in [3.8, 4) is 0 Å². The number of rotatable bonds is 3. The number of nitrogens with zero attached hydrogens (tertiary/aromatic N) is 1. The quantitative estimate of drug-likeness (QED) is 0.845. The number of hydrogen-bond donors (Lipinski definition) is 1. The van der Waals surface area contributed by atoms with Crippen molar-refractivity contribution in [2.45, 2.75) is 18.9 Å². The van der Waals surface area contributed by atoms with Gasteiger partial charge >= 0.3 is 6.09 Å². The molecule has 1 amide bonds. The summed E-state index contributed by atoms with van der Waals surface area (Å²) in [7, 11) is 1.99. The number of nitrogens with one attached hydrogen (secondary N) is 1. The van der Waals surface area contributed by atoms with Gasteiger partial charge in [0.2, 0.25) is 0 Å². The highest BCUT2D eigenvalue weighted by molar-refractivity contribution is 5.72. The molecule has 0 spiro atoms. The molecule has 1 atom stereocenters. The molecule has 0 unspecified atom stereocenters. The maximum atomic E-state index is 11.1. The Hall–Kier alpha value is -1.71. The number of carbonyl (C=O) groups excluding carboxylic acids is 1. The average Bonchev–Trinajstić information content (AvgIpc) is 2.83. The van der Waals surface area contributed by atoms with Crippen LogP contribution in [0.3, 0.4) is 0 Å². The summed E-state index contributed by atoms with van der Waals surface area (Å²) in [5.74, 6) is 0. The molecular formula is C12H16N2O2. The van der Waals surface area contributed by atoms with E-state index in [0.29, 0.717) is 6.61 Å². The van der Waals surface area contributed by atoms with Gasteiger partial charge in [-0.2, -0.15) is 0 Å². The van der Waals surface area contributed by atoms with E-state index < -0.39 is 0 Å². The SMILES string of the molecule is CC[C@@]1(/C=C/c2cccn2C)COC(=O)N1. The van der Waals surface area contributed by atoms with Crippen molar-refractivity contribution in [2.75, 3.05) is 6.61 Å². The molecule has 1 saturated heterocycles. The van der Waals surface area contributed by atoms with Gasteiger partial charge in [0.15, 0.2) is 0 Å². The highest BCUT2D eigenvalue weighted by atomic mass is 16.6. The predicted molar refractivity (Wildman–Crippen MR) is 62.0 cm³/mol. The van der Waals surface area contributed by atoms with Crippen molar-refractivity contribution in [1.29, 1.82) is 0 Å². The first kappa shape index (κ1) is 10.8. The van der Waals surface area contributed by atoms with E-state index in [9.17, 15) is 4.79 Å². The van der Waals surface area contributed by atoms with E-state index >= 15 is 0 Å². The van der Waals surface area contributed by atoms with E-state index in [-0.39, 0.29) is 11.6 Å². The van der Waals surface area contributed by atoms with Crippen LogP contribution in [0.5, 0.6) is 0 Å². The van der Waals surface area contributed by atoms with Gasteiger partial charge in [-0.25, -0.2) is 4.79 Å². The summed E-state index contributed by atoms with van der Waals surface area (Å²) in [6.07, 6.45) is 6.49. The molecule has 86 valence electrons. The van der Waals surface area contributed by atoms with Crippen molar-refractivity contribution in [3.05, 3.63) is 30.1 Å². The van der Waals surface area contributed by atoms with Crippen LogP contribution in [0.4, 0.5) is 4.79 Å². The number of aryl methyl sites for hydroxylation is 1. The third-order valence-corrected chi connectivity index (χ3v) is 3.00. The van der Waals surface area contributed by atoms with Crippen LogP contribution in [0.1, 0.15) is 19.0 Å². The van der Waals surface area contributed by atoms with Crippen molar-refractivity contribution in [3.63, 3.8) is 0 Å². The average molecular weight is 220 g/mol. The monoisotopic (exact) mass is 220 g/mol. The normalized spacial score (nSPS) is 24.8. The van der Waals surface area contributed by atoms with Gasteiger partial charge in [0, 0.05) is 18.9 Å². The molecule has 0 saturated carbocycles. The predicted octanol–water partition coefficient (Wildman–Crippen LogP) is 1.93. The van der Waals surface area contributed by atoms with Gasteiger partial charge in [0.25, 0.3) is 0 Å². The zero-order valence-electron chi connectivity index (χ0n) is 9.56. The second-order valence-electron chi connectivity index (χ2n) is 4.09. The molecule has 1 aromatic heterocycles. The van der Waals surface area contributed by atoms with E-state index in [4.69, 9.17) is 4.74 Å². The Morgan fingerprint density at radius 2 is 2.50 bits per heavy atom. The molecule has 4 heteroatoms. The minimum absolute atomic E-state index is 0.335. The third kappa shape index (κ3) is 1.96. The van der Waals surface area contributed by atoms with Gasteiger partial charge in [0.1, 0.15) is 6.61 Å². The first-order chi connectivity index (χ1) is 7.65. The maximum absolute atomic E-state index is 11.1. The summed E-state index contributed by atoms with van der Waals surface area (Å²) < 4.78 is 6.98. The van der Waals surface area contributed by atoms with Crippen LogP contribution in [0, 0.1) is 0 Å². The Bertz CT molecular complexity index is 422. The Labute approximate surface area is 94.9 Å². The summed E-state index contributed by atoms with van der Waals surface area (Å²) >= 11 is 0. The molecule has 1 N–H and O–H groups in total. The molecule has 1 aliphatic heterocycles. The minimum atomic E-state index is -0.346. The van der Waals surface area contributed by atoms with Gasteiger partial charge in [-0.15, -0.1) is 0 Å². The van der Waals surface area contributed by atoms with Crippen molar-refractivity contribution < 1.29 is 9.53 Å². The zero-order valence-corrected chi connectivity index (χ0v) is 9.56. The lowest BCUT2D eigenvalue weighted by Crippen LogP contribution is -2.40. The van der Waals surface area contributed by atoms with E-state index in [2.05, 4.69) is 5.32 Å². The Morgan fingerprint density at radius 1 is 1.69 bits per heavy atom. The largest absolute Gasteiger partial charge is 0.447 e. The summed E-state index contributed by atoms with van der Waals surface area (Å²) in [5, 5.41) is 2.84. The van der Waals surface area contributed by atoms with E-state index in [1.54, 1.807) is 0 Å². The lowest BCUT2D eigenvalue weighted by Gasteiger charge is -2.19. The lowest BCUT2D eigenvalue weighted by molar-refractivity contribution is 0.174. The summed E-state index contributed by atoms with van der Waals surface area (Å²) in [6.45, 7) is 2.44. The third-order valence-electron chi connectivity index (χ3n) is 3.00. The van der Waals surface area contributed by atoms with Gasteiger partial charge < -0.3 is 14.6 Å². The Morgan fingerprint density at radius 3 is 3.00 bits per heavy atom. The fourth-order valence-corrected chi connectivity index (χ4v) is 1.76. The highest BCUT2D eigenvalue weighted by Gasteiger charge is 2.35. The summed E-state index contributed by atoms with van der Waals surface area (Å²) in [5.41, 5.74) is 0.760. The molecule has 2 rings (SSSR count). The Kier molecular flexibility index (Phi) is 2.73. The maximum Gasteiger partial charge on any atom is 0.408 e. The zero-order chi connectivity index (χ0) is 11.6. The molecular weight excluding hydrogens is 204 g/mol. The molecule has 1 fully saturated rings. The molecule has 1 aromatic rings. The van der Waals surface area contributed by atoms with E-state index in [1.165, 1.54) is 0 Å². The molecule has 2 heterocycles. The van der Waals surface area contributed by atoms with Crippen LogP contribution in [-0.4, -0.2) is 22.8 Å². The fourth-order valence-electron chi connectivity index (χ4n) is 1.76. The fraction of sp³-hybridized carbons (Fsp3) is 0.417. The van der Waals surface area contributed by atoms with Crippen molar-refractivity contribution in [1.82, 2.24) is 9.88 Å². The number of hydrogen-bond acceptors (Lipinski definition) is 2. The number of aromatic nitrogens is 1. The number of carbonyl (C=O) groups is 1. The smallest absolute Gasteiger partial charge is 0.408 e. The number of ether oxygens (including phenoxy) is 1. The molecule has 0 aromatic carbocycles. The number of amides is 1. The summed E-state index contributed by atoms with van der Waals surface area (Å²) in [6, 6.07) is 4.01. The standard InChI is InChI=1S/C12H16N2O2/c1-3-12(9-16-11(15)13-12)7-6-10-5-4-8-14(10)2/h4-8H,3,9H2,1-2H3,(H,13,15)/b7-6+/t12-/m1/s1. The van der Waals surface area contributed by atoms with Crippen LogP contribution >= 0.6 is 0 Å². The molecule has 0 aliphatic carbocycles. The lowest BCUT2D eigenvalue weighted by atomic mass is 9.97. The van der Waals surface area contributed by atoms with Crippen LogP contribution in [0.25, 0.3) is 6.08 Å². The van der Waals surface area contributed by atoms with Gasteiger partial charge in [-0.3, -0.25) is 0 Å². The molecule has 0 bridgehead atoms. The van der Waals surface area contributed by atoms with Crippen molar-refractivity contribution in [2.24, 2.45) is 7.05 Å². The minimum Gasteiger partial charge on any atom is -0.447 e. The van der Waals surface area contributed by atoms with Crippen molar-refractivity contribution >= 4 is 12.2 Å². The summed E-state index contributed by atoms with van der Waals surface area (Å²) in [4.78, 5) is 11.1. The van der Waals surface area contributed by atoms with Crippen LogP contribution < -0.4 is 5.32 Å². The Balaban J connectivity index is 2.16. The number of cyclic esters (lactones) is 1. The topological polar surface area (TPSA) is 43.3 Å².